The molecule has 2 aromatic heterocycles. The van der Waals surface area contributed by atoms with Crippen LogP contribution in [-0.4, -0.2) is 26.2 Å². The summed E-state index contributed by atoms with van der Waals surface area (Å²) in [6, 6.07) is 11.8. The predicted molar refractivity (Wildman–Crippen MR) is 102 cm³/mol. The summed E-state index contributed by atoms with van der Waals surface area (Å²) >= 11 is 0. The topological polar surface area (TPSA) is 95.6 Å². The van der Waals surface area contributed by atoms with Gasteiger partial charge in [-0.15, -0.1) is 0 Å². The maximum Gasteiger partial charge on any atom is 0.315 e. The highest BCUT2D eigenvalue weighted by Crippen LogP contribution is 2.34. The highest BCUT2D eigenvalue weighted by Gasteiger charge is 2.33. The third-order valence-corrected chi connectivity index (χ3v) is 5.01. The number of rotatable bonds is 4. The van der Waals surface area contributed by atoms with Crippen molar-refractivity contribution in [2.24, 2.45) is 0 Å². The molecule has 1 unspecified atom stereocenters. The molecule has 3 aromatic rings. The number of hydrogen-bond donors (Lipinski definition) is 3. The molecule has 0 spiro atoms. The lowest BCUT2D eigenvalue weighted by Crippen LogP contribution is -2.49. The Morgan fingerprint density at radius 1 is 1.22 bits per heavy atom. The lowest BCUT2D eigenvalue weighted by molar-refractivity contribution is 0.221. The van der Waals surface area contributed by atoms with Gasteiger partial charge in [0.15, 0.2) is 5.82 Å². The number of benzene rings is 1. The SMILES string of the molecule is CC1(NC(=O)NCc2nc(-c3ccncc3)n[nH]2)CCCc2ccccc21. The van der Waals surface area contributed by atoms with Gasteiger partial charge in [-0.05, 0) is 49.4 Å². The first-order chi connectivity index (χ1) is 13.1. The average molecular weight is 362 g/mol. The first kappa shape index (κ1) is 17.2. The van der Waals surface area contributed by atoms with Gasteiger partial charge in [-0.1, -0.05) is 24.3 Å². The zero-order valence-corrected chi connectivity index (χ0v) is 15.2. The molecular formula is C20H22N6O. The van der Waals surface area contributed by atoms with E-state index in [0.29, 0.717) is 11.6 Å². The van der Waals surface area contributed by atoms with Crippen LogP contribution in [0.5, 0.6) is 0 Å². The summed E-state index contributed by atoms with van der Waals surface area (Å²) in [6.07, 6.45) is 6.43. The minimum Gasteiger partial charge on any atom is -0.331 e. The lowest BCUT2D eigenvalue weighted by atomic mass is 9.78. The van der Waals surface area contributed by atoms with Crippen molar-refractivity contribution >= 4 is 6.03 Å². The van der Waals surface area contributed by atoms with Crippen LogP contribution in [0.25, 0.3) is 11.4 Å². The quantitative estimate of drug-likeness (QED) is 0.665. The minimum atomic E-state index is -0.359. The van der Waals surface area contributed by atoms with E-state index in [1.165, 1.54) is 11.1 Å². The van der Waals surface area contributed by atoms with Gasteiger partial charge in [0.1, 0.15) is 5.82 Å². The van der Waals surface area contributed by atoms with E-state index >= 15 is 0 Å². The van der Waals surface area contributed by atoms with Crippen LogP contribution >= 0.6 is 0 Å². The largest absolute Gasteiger partial charge is 0.331 e. The molecule has 1 aliphatic rings. The summed E-state index contributed by atoms with van der Waals surface area (Å²) in [6.45, 7) is 2.36. The van der Waals surface area contributed by atoms with Crippen molar-refractivity contribution in [2.75, 3.05) is 0 Å². The summed E-state index contributed by atoms with van der Waals surface area (Å²) in [5, 5.41) is 13.1. The molecule has 0 saturated heterocycles. The Labute approximate surface area is 157 Å². The molecule has 0 aliphatic heterocycles. The Bertz CT molecular complexity index is 938. The molecule has 4 rings (SSSR count). The number of nitrogens with zero attached hydrogens (tertiary/aromatic N) is 3. The number of pyridine rings is 1. The highest BCUT2D eigenvalue weighted by atomic mass is 16.2. The van der Waals surface area contributed by atoms with E-state index in [2.05, 4.69) is 55.9 Å². The Balaban J connectivity index is 1.39. The fourth-order valence-electron chi connectivity index (χ4n) is 3.64. The molecule has 0 saturated carbocycles. The summed E-state index contributed by atoms with van der Waals surface area (Å²) in [4.78, 5) is 20.9. The van der Waals surface area contributed by atoms with E-state index in [4.69, 9.17) is 0 Å². The van der Waals surface area contributed by atoms with Crippen LogP contribution in [0.2, 0.25) is 0 Å². The van der Waals surface area contributed by atoms with Gasteiger partial charge in [-0.25, -0.2) is 9.78 Å². The minimum absolute atomic E-state index is 0.212. The second-order valence-corrected chi connectivity index (χ2v) is 6.99. The normalized spacial score (nSPS) is 18.6. The molecule has 1 atom stereocenters. The number of aromatic amines is 1. The number of amides is 2. The molecule has 7 nitrogen and oxygen atoms in total. The molecule has 2 heterocycles. The summed E-state index contributed by atoms with van der Waals surface area (Å²) < 4.78 is 0. The van der Waals surface area contributed by atoms with Crippen molar-refractivity contribution in [3.05, 3.63) is 65.7 Å². The molecule has 2 amide bonds. The van der Waals surface area contributed by atoms with Crippen molar-refractivity contribution in [3.63, 3.8) is 0 Å². The van der Waals surface area contributed by atoms with Crippen LogP contribution in [0.3, 0.4) is 0 Å². The standard InChI is InChI=1S/C20H22N6O/c1-20(10-4-6-14-5-2-3-7-16(14)20)24-19(27)22-13-17-23-18(26-25-17)15-8-11-21-12-9-15/h2-3,5,7-9,11-12H,4,6,10,13H2,1H3,(H2,22,24,27)(H,23,25,26). The number of aromatic nitrogens is 4. The second kappa shape index (κ2) is 7.19. The van der Waals surface area contributed by atoms with Gasteiger partial charge in [-0.2, -0.15) is 5.10 Å². The van der Waals surface area contributed by atoms with E-state index in [1.54, 1.807) is 12.4 Å². The molecule has 7 heteroatoms. The van der Waals surface area contributed by atoms with E-state index in [0.717, 1.165) is 24.8 Å². The number of carbonyl (C=O) groups is 1. The van der Waals surface area contributed by atoms with E-state index in [9.17, 15) is 4.79 Å². The smallest absolute Gasteiger partial charge is 0.315 e. The van der Waals surface area contributed by atoms with Gasteiger partial charge < -0.3 is 10.6 Å². The van der Waals surface area contributed by atoms with Crippen LogP contribution in [-0.2, 0) is 18.5 Å². The van der Waals surface area contributed by atoms with Gasteiger partial charge in [0.05, 0.1) is 12.1 Å². The van der Waals surface area contributed by atoms with Gasteiger partial charge >= 0.3 is 6.03 Å². The molecular weight excluding hydrogens is 340 g/mol. The predicted octanol–water partition coefficient (Wildman–Crippen LogP) is 2.92. The third-order valence-electron chi connectivity index (χ3n) is 5.01. The maximum atomic E-state index is 12.5. The van der Waals surface area contributed by atoms with Gasteiger partial charge in [0, 0.05) is 18.0 Å². The average Bonchev–Trinajstić information content (AvgIpc) is 3.16. The van der Waals surface area contributed by atoms with Crippen LogP contribution in [0.1, 0.15) is 36.7 Å². The van der Waals surface area contributed by atoms with Crippen molar-refractivity contribution in [3.8, 4) is 11.4 Å². The van der Waals surface area contributed by atoms with Crippen LogP contribution in [0.4, 0.5) is 4.79 Å². The third kappa shape index (κ3) is 3.67. The highest BCUT2D eigenvalue weighted by molar-refractivity contribution is 5.75. The molecule has 1 aliphatic carbocycles. The van der Waals surface area contributed by atoms with Gasteiger partial charge in [0.25, 0.3) is 0 Å². The first-order valence-corrected chi connectivity index (χ1v) is 9.10. The Hall–Kier alpha value is -3.22. The zero-order valence-electron chi connectivity index (χ0n) is 15.2. The van der Waals surface area contributed by atoms with Crippen LogP contribution in [0, 0.1) is 0 Å². The molecule has 1 aromatic carbocycles. The summed E-state index contributed by atoms with van der Waals surface area (Å²) in [5.74, 6) is 1.19. The fraction of sp³-hybridized carbons (Fsp3) is 0.300. The van der Waals surface area contributed by atoms with Crippen LogP contribution in [0.15, 0.2) is 48.8 Å². The monoisotopic (exact) mass is 362 g/mol. The molecule has 27 heavy (non-hydrogen) atoms. The Morgan fingerprint density at radius 3 is 2.89 bits per heavy atom. The maximum absolute atomic E-state index is 12.5. The van der Waals surface area contributed by atoms with E-state index < -0.39 is 0 Å². The summed E-state index contributed by atoms with van der Waals surface area (Å²) in [7, 11) is 0. The van der Waals surface area contributed by atoms with Gasteiger partial charge in [0.2, 0.25) is 0 Å². The Kier molecular flexibility index (Phi) is 4.58. The van der Waals surface area contributed by atoms with Gasteiger partial charge in [-0.3, -0.25) is 10.1 Å². The molecule has 3 N–H and O–H groups in total. The number of nitrogens with one attached hydrogen (secondary N) is 3. The van der Waals surface area contributed by atoms with Crippen molar-refractivity contribution in [2.45, 2.75) is 38.3 Å². The van der Waals surface area contributed by atoms with Crippen molar-refractivity contribution in [1.82, 2.24) is 30.8 Å². The zero-order chi connectivity index (χ0) is 18.7. The van der Waals surface area contributed by atoms with Crippen molar-refractivity contribution < 1.29 is 4.79 Å². The molecule has 0 fully saturated rings. The number of urea groups is 1. The number of H-pyrrole nitrogens is 1. The summed E-state index contributed by atoms with van der Waals surface area (Å²) in [5.41, 5.74) is 3.03. The number of hydrogen-bond acceptors (Lipinski definition) is 4. The molecule has 0 radical (unpaired) electrons. The molecule has 138 valence electrons. The van der Waals surface area contributed by atoms with Crippen LogP contribution < -0.4 is 10.6 Å². The first-order valence-electron chi connectivity index (χ1n) is 9.10. The Morgan fingerprint density at radius 2 is 2.04 bits per heavy atom. The second-order valence-electron chi connectivity index (χ2n) is 6.99. The van der Waals surface area contributed by atoms with E-state index in [-0.39, 0.29) is 18.1 Å². The number of aryl methyl sites for hydroxylation is 1. The lowest BCUT2D eigenvalue weighted by Gasteiger charge is -2.36. The number of carbonyl (C=O) groups excluding carboxylic acids is 1. The number of fused-ring (bicyclic) bond motifs is 1. The van der Waals surface area contributed by atoms with Crippen molar-refractivity contribution in [1.29, 1.82) is 0 Å². The fourth-order valence-corrected chi connectivity index (χ4v) is 3.64. The molecule has 0 bridgehead atoms. The van der Waals surface area contributed by atoms with E-state index in [1.807, 2.05) is 18.2 Å².